The van der Waals surface area contributed by atoms with E-state index < -0.39 is 10.0 Å². The van der Waals surface area contributed by atoms with Gasteiger partial charge in [0.1, 0.15) is 10.6 Å². The molecular formula is C11H19N3O3S. The zero-order chi connectivity index (χ0) is 13.3. The minimum atomic E-state index is -3.55. The standard InChI is InChI=1S/C11H19N3O3S/c1-8-4-3-5-14(6-8)18(16,17)11-9(2)12-13-10(11)7-15/h8,15H,3-7H2,1-2H3,(H,12,13). The van der Waals surface area contributed by atoms with Crippen LogP contribution in [0.2, 0.25) is 0 Å². The summed E-state index contributed by atoms with van der Waals surface area (Å²) in [7, 11) is -3.55. The fourth-order valence-corrected chi connectivity index (χ4v) is 4.33. The van der Waals surface area contributed by atoms with E-state index in [2.05, 4.69) is 17.1 Å². The molecule has 1 aromatic rings. The number of aryl methyl sites for hydroxylation is 1. The minimum Gasteiger partial charge on any atom is -0.390 e. The monoisotopic (exact) mass is 273 g/mol. The molecule has 6 nitrogen and oxygen atoms in total. The highest BCUT2D eigenvalue weighted by atomic mass is 32.2. The van der Waals surface area contributed by atoms with Gasteiger partial charge in [-0.1, -0.05) is 6.92 Å². The van der Waals surface area contributed by atoms with E-state index in [4.69, 9.17) is 0 Å². The van der Waals surface area contributed by atoms with Crippen molar-refractivity contribution in [3.63, 3.8) is 0 Å². The summed E-state index contributed by atoms with van der Waals surface area (Å²) in [4.78, 5) is 0.138. The molecule has 2 heterocycles. The van der Waals surface area contributed by atoms with Crippen LogP contribution in [0.25, 0.3) is 0 Å². The van der Waals surface area contributed by atoms with Crippen molar-refractivity contribution in [2.24, 2.45) is 5.92 Å². The summed E-state index contributed by atoms with van der Waals surface area (Å²) in [5, 5.41) is 15.6. The van der Waals surface area contributed by atoms with Gasteiger partial charge in [0.2, 0.25) is 10.0 Å². The molecule has 2 rings (SSSR count). The van der Waals surface area contributed by atoms with Crippen LogP contribution in [0.4, 0.5) is 0 Å². The molecule has 2 N–H and O–H groups in total. The first-order valence-corrected chi connectivity index (χ1v) is 7.55. The predicted molar refractivity (Wildman–Crippen MR) is 66.4 cm³/mol. The van der Waals surface area contributed by atoms with Gasteiger partial charge >= 0.3 is 0 Å². The molecule has 0 amide bonds. The molecule has 1 aromatic heterocycles. The Labute approximate surface area is 107 Å². The highest BCUT2D eigenvalue weighted by Crippen LogP contribution is 2.26. The van der Waals surface area contributed by atoms with E-state index in [-0.39, 0.29) is 17.2 Å². The average molecular weight is 273 g/mol. The van der Waals surface area contributed by atoms with Crippen LogP contribution in [0.3, 0.4) is 0 Å². The fraction of sp³-hybridized carbons (Fsp3) is 0.727. The van der Waals surface area contributed by atoms with Crippen LogP contribution in [0.5, 0.6) is 0 Å². The van der Waals surface area contributed by atoms with Crippen LogP contribution in [0.1, 0.15) is 31.2 Å². The molecule has 7 heteroatoms. The number of aliphatic hydroxyl groups excluding tert-OH is 1. The Morgan fingerprint density at radius 1 is 1.56 bits per heavy atom. The van der Waals surface area contributed by atoms with E-state index in [0.29, 0.717) is 24.7 Å². The molecule has 0 aromatic carbocycles. The van der Waals surface area contributed by atoms with Crippen molar-refractivity contribution in [2.75, 3.05) is 13.1 Å². The first-order chi connectivity index (χ1) is 8.46. The number of aromatic amines is 1. The van der Waals surface area contributed by atoms with Crippen molar-refractivity contribution in [2.45, 2.75) is 38.2 Å². The second-order valence-electron chi connectivity index (χ2n) is 4.89. The largest absolute Gasteiger partial charge is 0.390 e. The number of sulfonamides is 1. The number of aliphatic hydroxyl groups is 1. The zero-order valence-electron chi connectivity index (χ0n) is 10.7. The van der Waals surface area contributed by atoms with Crippen molar-refractivity contribution < 1.29 is 13.5 Å². The summed E-state index contributed by atoms with van der Waals surface area (Å²) in [6.45, 7) is 4.42. The van der Waals surface area contributed by atoms with Gasteiger partial charge in [0, 0.05) is 13.1 Å². The van der Waals surface area contributed by atoms with E-state index in [1.807, 2.05) is 0 Å². The Balaban J connectivity index is 2.38. The molecule has 18 heavy (non-hydrogen) atoms. The fourth-order valence-electron chi connectivity index (χ4n) is 2.41. The second-order valence-corrected chi connectivity index (χ2v) is 6.77. The van der Waals surface area contributed by atoms with Gasteiger partial charge in [0.15, 0.2) is 0 Å². The van der Waals surface area contributed by atoms with E-state index in [0.717, 1.165) is 12.8 Å². The Morgan fingerprint density at radius 3 is 2.89 bits per heavy atom. The Morgan fingerprint density at radius 2 is 2.28 bits per heavy atom. The topological polar surface area (TPSA) is 86.3 Å². The van der Waals surface area contributed by atoms with E-state index >= 15 is 0 Å². The first-order valence-electron chi connectivity index (χ1n) is 6.11. The van der Waals surface area contributed by atoms with Crippen LogP contribution < -0.4 is 0 Å². The highest BCUT2D eigenvalue weighted by molar-refractivity contribution is 7.89. The number of rotatable bonds is 3. The Kier molecular flexibility index (Phi) is 3.74. The lowest BCUT2D eigenvalue weighted by Gasteiger charge is -2.30. The lowest BCUT2D eigenvalue weighted by atomic mass is 10.0. The van der Waals surface area contributed by atoms with E-state index in [1.165, 1.54) is 4.31 Å². The minimum absolute atomic E-state index is 0.138. The molecule has 1 aliphatic rings. The average Bonchev–Trinajstić information content (AvgIpc) is 2.71. The molecule has 1 saturated heterocycles. The molecule has 0 aliphatic carbocycles. The van der Waals surface area contributed by atoms with Crippen LogP contribution in [-0.2, 0) is 16.6 Å². The summed E-state index contributed by atoms with van der Waals surface area (Å²) < 4.78 is 26.6. The summed E-state index contributed by atoms with van der Waals surface area (Å²) in [5.74, 6) is 0.373. The third-order valence-electron chi connectivity index (χ3n) is 3.33. The van der Waals surface area contributed by atoms with Crippen molar-refractivity contribution in [3.05, 3.63) is 11.4 Å². The molecule has 0 saturated carbocycles. The summed E-state index contributed by atoms with van der Waals surface area (Å²) in [6, 6.07) is 0. The second kappa shape index (κ2) is 4.99. The Hall–Kier alpha value is -0.920. The van der Waals surface area contributed by atoms with Gasteiger partial charge in [-0.2, -0.15) is 9.40 Å². The van der Waals surface area contributed by atoms with Crippen molar-refractivity contribution >= 4 is 10.0 Å². The van der Waals surface area contributed by atoms with Crippen LogP contribution in [-0.4, -0.2) is 41.1 Å². The van der Waals surface area contributed by atoms with Gasteiger partial charge in [-0.3, -0.25) is 5.10 Å². The van der Waals surface area contributed by atoms with Crippen LogP contribution >= 0.6 is 0 Å². The normalized spacial score (nSPS) is 22.3. The van der Waals surface area contributed by atoms with Gasteiger partial charge in [0.05, 0.1) is 12.3 Å². The molecule has 0 spiro atoms. The zero-order valence-corrected chi connectivity index (χ0v) is 11.5. The third kappa shape index (κ3) is 2.30. The summed E-state index contributed by atoms with van der Waals surface area (Å²) >= 11 is 0. The van der Waals surface area contributed by atoms with Gasteiger partial charge < -0.3 is 5.11 Å². The third-order valence-corrected chi connectivity index (χ3v) is 5.40. The number of nitrogens with one attached hydrogen (secondary N) is 1. The summed E-state index contributed by atoms with van der Waals surface area (Å²) in [6.07, 6.45) is 1.94. The van der Waals surface area contributed by atoms with Crippen LogP contribution in [0.15, 0.2) is 4.90 Å². The first kappa shape index (κ1) is 13.5. The molecule has 102 valence electrons. The van der Waals surface area contributed by atoms with Gasteiger partial charge in [-0.25, -0.2) is 8.42 Å². The molecule has 0 bridgehead atoms. The van der Waals surface area contributed by atoms with Crippen molar-refractivity contribution in [1.82, 2.24) is 14.5 Å². The summed E-state index contributed by atoms with van der Waals surface area (Å²) in [5.41, 5.74) is 0.683. The molecular weight excluding hydrogens is 254 g/mol. The van der Waals surface area contributed by atoms with E-state index in [1.54, 1.807) is 6.92 Å². The number of hydrogen-bond acceptors (Lipinski definition) is 4. The van der Waals surface area contributed by atoms with E-state index in [9.17, 15) is 13.5 Å². The predicted octanol–water partition coefficient (Wildman–Crippen LogP) is 0.631. The quantitative estimate of drug-likeness (QED) is 0.845. The maximum absolute atomic E-state index is 12.5. The van der Waals surface area contributed by atoms with Gasteiger partial charge in [-0.05, 0) is 25.7 Å². The van der Waals surface area contributed by atoms with Crippen molar-refractivity contribution in [1.29, 1.82) is 0 Å². The SMILES string of the molecule is Cc1[nH]nc(CO)c1S(=O)(=O)N1CCCC(C)C1. The van der Waals surface area contributed by atoms with Gasteiger partial charge in [-0.15, -0.1) is 0 Å². The van der Waals surface area contributed by atoms with Crippen molar-refractivity contribution in [3.8, 4) is 0 Å². The molecule has 1 fully saturated rings. The maximum Gasteiger partial charge on any atom is 0.246 e. The maximum atomic E-state index is 12.5. The van der Waals surface area contributed by atoms with Gasteiger partial charge in [0.25, 0.3) is 0 Å². The Bertz CT molecular complexity index is 524. The number of H-pyrrole nitrogens is 1. The lowest BCUT2D eigenvalue weighted by Crippen LogP contribution is -2.39. The van der Waals surface area contributed by atoms with Crippen LogP contribution in [0, 0.1) is 12.8 Å². The molecule has 0 radical (unpaired) electrons. The number of nitrogens with zero attached hydrogens (tertiary/aromatic N) is 2. The lowest BCUT2D eigenvalue weighted by molar-refractivity contribution is 0.268. The molecule has 1 aliphatic heterocycles. The highest BCUT2D eigenvalue weighted by Gasteiger charge is 2.33. The molecule has 1 unspecified atom stereocenters. The number of piperidine rings is 1. The number of aromatic nitrogens is 2. The number of hydrogen-bond donors (Lipinski definition) is 2. The smallest absolute Gasteiger partial charge is 0.246 e. The molecule has 1 atom stereocenters.